The molecule has 0 saturated carbocycles. The number of halogens is 1. The number of aromatic nitrogens is 5. The topological polar surface area (TPSA) is 74.3 Å². The van der Waals surface area contributed by atoms with E-state index in [0.717, 1.165) is 39.4 Å². The molecule has 38 heavy (non-hydrogen) atoms. The first kappa shape index (κ1) is 24.1. The van der Waals surface area contributed by atoms with Crippen LogP contribution < -0.4 is 14.8 Å². The Balaban J connectivity index is 1.48. The fourth-order valence-corrected chi connectivity index (χ4v) is 5.29. The van der Waals surface area contributed by atoms with Gasteiger partial charge in [0, 0.05) is 27.9 Å². The van der Waals surface area contributed by atoms with E-state index in [2.05, 4.69) is 10.1 Å². The first-order valence-electron chi connectivity index (χ1n) is 12.1. The standard InChI is InChI=1S/C29H22ClN5O2S/c1-3-37-23-13-14-24(18(2)15-23)26-20(17-34(32-26)22-7-5-4-6-8-22)16-25-28(36)35-29(38-25)31-27(33-35)19-9-11-21(30)12-10-19/h4-17H,3H2,1-2H3. The summed E-state index contributed by atoms with van der Waals surface area (Å²) in [7, 11) is 0. The highest BCUT2D eigenvalue weighted by Crippen LogP contribution is 2.30. The quantitative estimate of drug-likeness (QED) is 0.276. The van der Waals surface area contributed by atoms with Crippen LogP contribution in [0.5, 0.6) is 5.75 Å². The van der Waals surface area contributed by atoms with Gasteiger partial charge in [-0.3, -0.25) is 4.79 Å². The lowest BCUT2D eigenvalue weighted by atomic mass is 10.0. The summed E-state index contributed by atoms with van der Waals surface area (Å²) in [6.07, 6.45) is 3.80. The molecule has 6 aromatic rings. The van der Waals surface area contributed by atoms with Crippen molar-refractivity contribution < 1.29 is 4.74 Å². The highest BCUT2D eigenvalue weighted by Gasteiger charge is 2.16. The van der Waals surface area contributed by atoms with E-state index in [1.165, 1.54) is 15.9 Å². The average Bonchev–Trinajstić information content (AvgIpc) is 3.61. The van der Waals surface area contributed by atoms with Crippen molar-refractivity contribution in [3.63, 3.8) is 0 Å². The number of benzene rings is 3. The largest absolute Gasteiger partial charge is 0.494 e. The molecule has 0 atom stereocenters. The van der Waals surface area contributed by atoms with Crippen LogP contribution in [0.3, 0.4) is 0 Å². The van der Waals surface area contributed by atoms with Crippen LogP contribution in [-0.2, 0) is 0 Å². The molecule has 3 heterocycles. The first-order valence-corrected chi connectivity index (χ1v) is 13.3. The van der Waals surface area contributed by atoms with E-state index in [4.69, 9.17) is 21.4 Å². The monoisotopic (exact) mass is 539 g/mol. The Morgan fingerprint density at radius 2 is 1.82 bits per heavy atom. The molecule has 3 aromatic carbocycles. The molecular weight excluding hydrogens is 518 g/mol. The van der Waals surface area contributed by atoms with E-state index in [1.54, 1.807) is 12.1 Å². The van der Waals surface area contributed by atoms with Crippen LogP contribution in [0, 0.1) is 6.92 Å². The number of hydrogen-bond acceptors (Lipinski definition) is 6. The van der Waals surface area contributed by atoms with Crippen molar-refractivity contribution in [3.8, 4) is 34.1 Å². The predicted molar refractivity (Wildman–Crippen MR) is 151 cm³/mol. The van der Waals surface area contributed by atoms with Gasteiger partial charge in [-0.05, 0) is 80.1 Å². The van der Waals surface area contributed by atoms with Crippen LogP contribution in [0.25, 0.3) is 39.4 Å². The van der Waals surface area contributed by atoms with Crippen LogP contribution in [0.15, 0.2) is 83.8 Å². The van der Waals surface area contributed by atoms with Crippen LogP contribution in [0.4, 0.5) is 0 Å². The van der Waals surface area contributed by atoms with Gasteiger partial charge in [-0.1, -0.05) is 41.1 Å². The Kier molecular flexibility index (Phi) is 6.27. The van der Waals surface area contributed by atoms with Gasteiger partial charge in [0.1, 0.15) is 11.4 Å². The zero-order valence-corrected chi connectivity index (χ0v) is 22.2. The van der Waals surface area contributed by atoms with Crippen LogP contribution in [-0.4, -0.2) is 31.0 Å². The molecule has 0 aliphatic carbocycles. The number of nitrogens with zero attached hydrogens (tertiary/aromatic N) is 5. The van der Waals surface area contributed by atoms with Gasteiger partial charge in [-0.2, -0.15) is 14.6 Å². The lowest BCUT2D eigenvalue weighted by Crippen LogP contribution is -2.23. The number of fused-ring (bicyclic) bond motifs is 1. The van der Waals surface area contributed by atoms with E-state index >= 15 is 0 Å². The highest BCUT2D eigenvalue weighted by molar-refractivity contribution is 7.15. The maximum atomic E-state index is 13.3. The van der Waals surface area contributed by atoms with Crippen LogP contribution in [0.2, 0.25) is 5.02 Å². The number of aryl methyl sites for hydroxylation is 1. The summed E-state index contributed by atoms with van der Waals surface area (Å²) in [6, 6.07) is 23.1. The zero-order chi connectivity index (χ0) is 26.2. The van der Waals surface area contributed by atoms with Gasteiger partial charge in [0.15, 0.2) is 5.82 Å². The lowest BCUT2D eigenvalue weighted by Gasteiger charge is -2.08. The summed E-state index contributed by atoms with van der Waals surface area (Å²) in [5, 5.41) is 10.00. The Bertz CT molecular complexity index is 1870. The molecule has 7 nitrogen and oxygen atoms in total. The summed E-state index contributed by atoms with van der Waals surface area (Å²) in [5.41, 5.74) is 5.09. The smallest absolute Gasteiger partial charge is 0.291 e. The number of rotatable bonds is 6. The Hall–Kier alpha value is -4.27. The summed E-state index contributed by atoms with van der Waals surface area (Å²) < 4.78 is 9.38. The minimum atomic E-state index is -0.223. The predicted octanol–water partition coefficient (Wildman–Crippen LogP) is 5.58. The van der Waals surface area contributed by atoms with Crippen molar-refractivity contribution in [2.24, 2.45) is 0 Å². The van der Waals surface area contributed by atoms with Crippen molar-refractivity contribution in [2.75, 3.05) is 6.61 Å². The van der Waals surface area contributed by atoms with Crippen molar-refractivity contribution in [1.82, 2.24) is 24.4 Å². The third-order valence-corrected chi connectivity index (χ3v) is 7.31. The van der Waals surface area contributed by atoms with Gasteiger partial charge in [-0.25, -0.2) is 4.68 Å². The van der Waals surface area contributed by atoms with Gasteiger partial charge in [0.2, 0.25) is 4.96 Å². The molecule has 0 fully saturated rings. The van der Waals surface area contributed by atoms with Gasteiger partial charge in [0.25, 0.3) is 5.56 Å². The van der Waals surface area contributed by atoms with E-state index in [9.17, 15) is 4.79 Å². The summed E-state index contributed by atoms with van der Waals surface area (Å²) in [4.78, 5) is 18.4. The summed E-state index contributed by atoms with van der Waals surface area (Å²) in [5.74, 6) is 1.30. The lowest BCUT2D eigenvalue weighted by molar-refractivity contribution is 0.340. The minimum Gasteiger partial charge on any atom is -0.494 e. The molecular formula is C29H22ClN5O2S. The molecule has 0 aliphatic heterocycles. The molecule has 0 saturated heterocycles. The third-order valence-electron chi connectivity index (χ3n) is 6.10. The number of ether oxygens (including phenoxy) is 1. The SMILES string of the molecule is CCOc1ccc(-c2nn(-c3ccccc3)cc2C=c2sc3nc(-c4ccc(Cl)cc4)nn3c2=O)c(C)c1. The third kappa shape index (κ3) is 4.49. The van der Waals surface area contributed by atoms with Gasteiger partial charge in [0.05, 0.1) is 16.8 Å². The van der Waals surface area contributed by atoms with E-state index in [1.807, 2.05) is 91.5 Å². The molecule has 0 aliphatic rings. The summed E-state index contributed by atoms with van der Waals surface area (Å²) >= 11 is 7.30. The van der Waals surface area contributed by atoms with E-state index < -0.39 is 0 Å². The van der Waals surface area contributed by atoms with Gasteiger partial charge >= 0.3 is 0 Å². The molecule has 6 rings (SSSR count). The first-order chi connectivity index (χ1) is 18.5. The fraction of sp³-hybridized carbons (Fsp3) is 0.103. The highest BCUT2D eigenvalue weighted by atomic mass is 35.5. The van der Waals surface area contributed by atoms with Gasteiger partial charge in [-0.15, -0.1) is 5.10 Å². The molecule has 0 unspecified atom stereocenters. The van der Waals surface area contributed by atoms with E-state index in [-0.39, 0.29) is 5.56 Å². The van der Waals surface area contributed by atoms with Crippen LogP contribution in [0.1, 0.15) is 18.1 Å². The second-order valence-electron chi connectivity index (χ2n) is 8.68. The van der Waals surface area contributed by atoms with Crippen molar-refractivity contribution in [1.29, 1.82) is 0 Å². The van der Waals surface area contributed by atoms with Crippen molar-refractivity contribution >= 4 is 34.0 Å². The number of thiazole rings is 1. The minimum absolute atomic E-state index is 0.223. The Morgan fingerprint density at radius 3 is 2.53 bits per heavy atom. The molecule has 3 aromatic heterocycles. The molecule has 0 N–H and O–H groups in total. The number of para-hydroxylation sites is 1. The van der Waals surface area contributed by atoms with E-state index in [0.29, 0.717) is 26.9 Å². The molecule has 0 radical (unpaired) electrons. The molecule has 0 amide bonds. The summed E-state index contributed by atoms with van der Waals surface area (Å²) in [6.45, 7) is 4.59. The fourth-order valence-electron chi connectivity index (χ4n) is 4.27. The van der Waals surface area contributed by atoms with Crippen LogP contribution >= 0.6 is 22.9 Å². The normalized spacial score (nSPS) is 11.9. The second kappa shape index (κ2) is 9.89. The maximum absolute atomic E-state index is 13.3. The molecule has 9 heteroatoms. The average molecular weight is 540 g/mol. The molecule has 0 bridgehead atoms. The maximum Gasteiger partial charge on any atom is 0.291 e. The van der Waals surface area contributed by atoms with Crippen molar-refractivity contribution in [2.45, 2.75) is 13.8 Å². The zero-order valence-electron chi connectivity index (χ0n) is 20.6. The van der Waals surface area contributed by atoms with Crippen molar-refractivity contribution in [3.05, 3.63) is 110 Å². The number of hydrogen-bond donors (Lipinski definition) is 0. The Morgan fingerprint density at radius 1 is 1.03 bits per heavy atom. The molecule has 0 spiro atoms. The molecule has 188 valence electrons. The van der Waals surface area contributed by atoms with Gasteiger partial charge < -0.3 is 4.74 Å². The second-order valence-corrected chi connectivity index (χ2v) is 10.1. The Labute approximate surface area is 227 Å².